The maximum atomic E-state index is 12.6. The van der Waals surface area contributed by atoms with Gasteiger partial charge in [-0.25, -0.2) is 0 Å². The lowest BCUT2D eigenvalue weighted by Gasteiger charge is -2.32. The zero-order chi connectivity index (χ0) is 26.1. The van der Waals surface area contributed by atoms with Crippen molar-refractivity contribution >= 4 is 46.6 Å². The monoisotopic (exact) mass is 532 g/mol. The molecule has 0 unspecified atom stereocenters. The number of carbonyl (C=O) groups is 3. The zero-order valence-corrected chi connectivity index (χ0v) is 22.1. The molecule has 7 nitrogen and oxygen atoms in total. The number of rotatable bonds is 5. The molecule has 0 aliphatic carbocycles. The molecule has 2 aromatic rings. The fraction of sp³-hybridized carbons (Fsp3) is 0.444. The lowest BCUT2D eigenvalue weighted by atomic mass is 9.88. The number of ether oxygens (including phenoxy) is 2. The summed E-state index contributed by atoms with van der Waals surface area (Å²) in [5, 5.41) is 7.52. The first-order valence-corrected chi connectivity index (χ1v) is 12.7. The lowest BCUT2D eigenvalue weighted by Crippen LogP contribution is -2.43. The van der Waals surface area contributed by atoms with Gasteiger partial charge >= 0.3 is 11.9 Å². The molecular formula is C27H30Cl2N2O5. The summed E-state index contributed by atoms with van der Waals surface area (Å²) in [6, 6.07) is 8.75. The number of Topliss-reactive ketones (excluding diaryl/α,β-unsaturated/α-hetero) is 1. The molecule has 36 heavy (non-hydrogen) atoms. The van der Waals surface area contributed by atoms with E-state index in [-0.39, 0.29) is 30.6 Å². The van der Waals surface area contributed by atoms with Crippen molar-refractivity contribution in [2.45, 2.75) is 58.8 Å². The number of carbonyl (C=O) groups excluding carboxylic acids is 3. The number of fused-ring (bicyclic) bond motifs is 2. The van der Waals surface area contributed by atoms with Gasteiger partial charge in [-0.05, 0) is 47.7 Å². The molecule has 2 aromatic carbocycles. The molecule has 192 valence electrons. The fourth-order valence-electron chi connectivity index (χ4n) is 4.50. The normalized spacial score (nSPS) is 17.5. The smallest absolute Gasteiger partial charge is 0.309 e. The van der Waals surface area contributed by atoms with E-state index in [2.05, 4.69) is 10.6 Å². The van der Waals surface area contributed by atoms with Crippen molar-refractivity contribution in [2.24, 2.45) is 5.41 Å². The number of ketones is 1. The second kappa shape index (κ2) is 10.4. The average Bonchev–Trinajstić information content (AvgIpc) is 3.05. The summed E-state index contributed by atoms with van der Waals surface area (Å²) in [5.74, 6) is -2.49. The van der Waals surface area contributed by atoms with Crippen LogP contribution >= 0.6 is 23.2 Å². The van der Waals surface area contributed by atoms with Gasteiger partial charge in [0.2, 0.25) is 0 Å². The summed E-state index contributed by atoms with van der Waals surface area (Å²) in [5.41, 5.74) is 3.29. The standard InChI is InChI=1S/C27H30Cl2N2O5/c1-26(2,3)13-22(32)16-4-5-17(21(29)12-16)14-31-25-18-10-11-30-15-27(19(18)6-7-20(25)28)35-23(33)8-9-24(34)36-27/h4-7,12,30-31H,8-11,13-15H2,1-3H3. The molecule has 1 spiro atoms. The van der Waals surface area contributed by atoms with Gasteiger partial charge in [-0.15, -0.1) is 0 Å². The van der Waals surface area contributed by atoms with E-state index >= 15 is 0 Å². The Hall–Kier alpha value is -2.61. The molecule has 1 fully saturated rings. The number of esters is 2. The molecule has 2 aliphatic rings. The van der Waals surface area contributed by atoms with E-state index in [9.17, 15) is 14.4 Å². The van der Waals surface area contributed by atoms with Crippen LogP contribution in [0.15, 0.2) is 30.3 Å². The van der Waals surface area contributed by atoms with E-state index in [1.54, 1.807) is 24.3 Å². The van der Waals surface area contributed by atoms with Crippen molar-refractivity contribution < 1.29 is 23.9 Å². The van der Waals surface area contributed by atoms with E-state index < -0.39 is 17.7 Å². The summed E-state index contributed by atoms with van der Waals surface area (Å²) in [6.07, 6.45) is 0.948. The van der Waals surface area contributed by atoms with Gasteiger partial charge in [0.25, 0.3) is 5.79 Å². The molecule has 2 heterocycles. The number of anilines is 1. The summed E-state index contributed by atoms with van der Waals surface area (Å²) >= 11 is 13.1. The van der Waals surface area contributed by atoms with Crippen LogP contribution in [-0.2, 0) is 37.8 Å². The van der Waals surface area contributed by atoms with Gasteiger partial charge in [-0.3, -0.25) is 14.4 Å². The van der Waals surface area contributed by atoms with Crippen LogP contribution in [0.2, 0.25) is 10.0 Å². The highest BCUT2D eigenvalue weighted by molar-refractivity contribution is 6.33. The Morgan fingerprint density at radius 3 is 2.36 bits per heavy atom. The number of halogens is 2. The fourth-order valence-corrected chi connectivity index (χ4v) is 4.99. The SMILES string of the molecule is CC(C)(C)CC(=O)c1ccc(CNc2c(Cl)ccc3c2CCNCC32OC(=O)CCC(=O)O2)c(Cl)c1. The van der Waals surface area contributed by atoms with Crippen molar-refractivity contribution in [2.75, 3.05) is 18.4 Å². The van der Waals surface area contributed by atoms with Crippen LogP contribution in [0.25, 0.3) is 0 Å². The molecule has 1 saturated heterocycles. The minimum atomic E-state index is -1.55. The highest BCUT2D eigenvalue weighted by Crippen LogP contribution is 2.40. The number of hydrogen-bond donors (Lipinski definition) is 2. The van der Waals surface area contributed by atoms with Crippen molar-refractivity contribution in [1.29, 1.82) is 0 Å². The third-order valence-corrected chi connectivity index (χ3v) is 6.86. The molecule has 0 aromatic heterocycles. The van der Waals surface area contributed by atoms with Crippen LogP contribution in [0.5, 0.6) is 0 Å². The molecule has 0 bridgehead atoms. The van der Waals surface area contributed by atoms with Gasteiger partial charge in [0, 0.05) is 29.1 Å². The lowest BCUT2D eigenvalue weighted by molar-refractivity contribution is -0.225. The molecule has 0 amide bonds. The van der Waals surface area contributed by atoms with Crippen LogP contribution in [-0.4, -0.2) is 30.8 Å². The number of nitrogens with one attached hydrogen (secondary N) is 2. The Labute approximate surface area is 220 Å². The predicted octanol–water partition coefficient (Wildman–Crippen LogP) is 5.40. The summed E-state index contributed by atoms with van der Waals surface area (Å²) < 4.78 is 11.4. The van der Waals surface area contributed by atoms with Gasteiger partial charge in [-0.2, -0.15) is 0 Å². The van der Waals surface area contributed by atoms with Crippen LogP contribution in [0.3, 0.4) is 0 Å². The summed E-state index contributed by atoms with van der Waals surface area (Å²) in [7, 11) is 0. The minimum absolute atomic E-state index is 0.0264. The number of hydrogen-bond acceptors (Lipinski definition) is 7. The van der Waals surface area contributed by atoms with Gasteiger partial charge in [0.1, 0.15) is 0 Å². The quantitative estimate of drug-likeness (QED) is 0.393. The molecular weight excluding hydrogens is 503 g/mol. The maximum Gasteiger partial charge on any atom is 0.309 e. The van der Waals surface area contributed by atoms with Crippen LogP contribution in [0.4, 0.5) is 5.69 Å². The Kier molecular flexibility index (Phi) is 7.64. The molecule has 4 rings (SSSR count). The highest BCUT2D eigenvalue weighted by atomic mass is 35.5. The summed E-state index contributed by atoms with van der Waals surface area (Å²) in [4.78, 5) is 37.2. The first-order valence-electron chi connectivity index (χ1n) is 12.0. The van der Waals surface area contributed by atoms with Crippen molar-refractivity contribution in [1.82, 2.24) is 5.32 Å². The Morgan fingerprint density at radius 1 is 1.03 bits per heavy atom. The van der Waals surface area contributed by atoms with E-state index in [0.29, 0.717) is 52.8 Å². The molecule has 0 atom stereocenters. The van der Waals surface area contributed by atoms with Gasteiger partial charge in [0.15, 0.2) is 5.78 Å². The van der Waals surface area contributed by atoms with Crippen LogP contribution < -0.4 is 10.6 Å². The van der Waals surface area contributed by atoms with E-state index in [1.807, 2.05) is 26.8 Å². The first-order chi connectivity index (χ1) is 17.0. The Bertz CT molecular complexity index is 1190. The first kappa shape index (κ1) is 26.5. The van der Waals surface area contributed by atoms with E-state index in [0.717, 1.165) is 11.1 Å². The summed E-state index contributed by atoms with van der Waals surface area (Å²) in [6.45, 7) is 7.14. The highest BCUT2D eigenvalue weighted by Gasteiger charge is 2.46. The maximum absolute atomic E-state index is 12.6. The second-order valence-electron chi connectivity index (χ2n) is 10.4. The topological polar surface area (TPSA) is 93.7 Å². The van der Waals surface area contributed by atoms with Gasteiger partial charge in [0.05, 0.1) is 30.1 Å². The Morgan fingerprint density at radius 2 is 1.72 bits per heavy atom. The predicted molar refractivity (Wildman–Crippen MR) is 138 cm³/mol. The van der Waals surface area contributed by atoms with Crippen molar-refractivity contribution in [3.63, 3.8) is 0 Å². The molecule has 2 N–H and O–H groups in total. The molecule has 0 saturated carbocycles. The Balaban J connectivity index is 1.62. The van der Waals surface area contributed by atoms with Crippen molar-refractivity contribution in [3.05, 3.63) is 62.6 Å². The third-order valence-electron chi connectivity index (χ3n) is 6.19. The second-order valence-corrected chi connectivity index (χ2v) is 11.2. The minimum Gasteiger partial charge on any atom is -0.416 e. The largest absolute Gasteiger partial charge is 0.416 e. The molecule has 2 aliphatic heterocycles. The van der Waals surface area contributed by atoms with E-state index in [4.69, 9.17) is 32.7 Å². The van der Waals surface area contributed by atoms with E-state index in [1.165, 1.54) is 0 Å². The average molecular weight is 533 g/mol. The molecule has 0 radical (unpaired) electrons. The zero-order valence-electron chi connectivity index (χ0n) is 20.6. The third kappa shape index (κ3) is 5.85. The van der Waals surface area contributed by atoms with Crippen molar-refractivity contribution in [3.8, 4) is 0 Å². The molecule has 9 heteroatoms. The van der Waals surface area contributed by atoms with Gasteiger partial charge in [-0.1, -0.05) is 56.1 Å². The van der Waals surface area contributed by atoms with Gasteiger partial charge < -0.3 is 20.1 Å². The van der Waals surface area contributed by atoms with Crippen LogP contribution in [0.1, 0.15) is 67.1 Å². The van der Waals surface area contributed by atoms with Crippen LogP contribution in [0, 0.1) is 5.41 Å². The number of benzene rings is 2.